The maximum atomic E-state index is 12.3. The molecule has 1 N–H and O–H groups in total. The van der Waals surface area contributed by atoms with Gasteiger partial charge in [0.05, 0.1) is 10.8 Å². The lowest BCUT2D eigenvalue weighted by Crippen LogP contribution is -2.36. The first kappa shape index (κ1) is 15.9. The number of carboxylic acids is 1. The second-order valence-electron chi connectivity index (χ2n) is 4.15. The van der Waals surface area contributed by atoms with Gasteiger partial charge in [-0.15, -0.1) is 0 Å². The highest BCUT2D eigenvalue weighted by atomic mass is 35.5. The predicted octanol–water partition coefficient (Wildman–Crippen LogP) is 2.07. The lowest BCUT2D eigenvalue weighted by Gasteiger charge is -2.22. The van der Waals surface area contributed by atoms with Crippen molar-refractivity contribution in [3.8, 4) is 0 Å². The van der Waals surface area contributed by atoms with E-state index in [1.54, 1.807) is 19.1 Å². The minimum absolute atomic E-state index is 0.0688. The van der Waals surface area contributed by atoms with Gasteiger partial charge in [0.2, 0.25) is 10.0 Å². The lowest BCUT2D eigenvalue weighted by atomic mass is 10.2. The van der Waals surface area contributed by atoms with Gasteiger partial charge in [0.25, 0.3) is 0 Å². The van der Waals surface area contributed by atoms with Crippen LogP contribution in [0.1, 0.15) is 13.8 Å². The van der Waals surface area contributed by atoms with Gasteiger partial charge in [0, 0.05) is 18.1 Å². The Morgan fingerprint density at radius 2 is 2.11 bits per heavy atom. The molecule has 1 aromatic carbocycles. The van der Waals surface area contributed by atoms with Gasteiger partial charge in [-0.05, 0) is 18.2 Å². The number of carbonyl (C=O) groups is 1. The first-order valence-corrected chi connectivity index (χ1v) is 7.59. The van der Waals surface area contributed by atoms with Crippen LogP contribution in [-0.2, 0) is 14.8 Å². The van der Waals surface area contributed by atoms with E-state index in [9.17, 15) is 13.2 Å². The number of hydrogen-bond donors (Lipinski definition) is 1. The van der Waals surface area contributed by atoms with Crippen LogP contribution >= 0.6 is 11.6 Å². The first-order valence-electron chi connectivity index (χ1n) is 5.77. The van der Waals surface area contributed by atoms with Gasteiger partial charge in [-0.1, -0.05) is 31.5 Å². The van der Waals surface area contributed by atoms with Crippen LogP contribution in [0.5, 0.6) is 0 Å². The van der Waals surface area contributed by atoms with Crippen molar-refractivity contribution in [1.82, 2.24) is 4.31 Å². The van der Waals surface area contributed by atoms with Crippen LogP contribution in [0, 0.1) is 5.92 Å². The summed E-state index contributed by atoms with van der Waals surface area (Å²) < 4.78 is 25.8. The SMILES string of the molecule is CCN(CC(C)C(=O)O)S(=O)(=O)c1cccc(Cl)c1. The molecule has 0 aliphatic rings. The molecule has 0 aliphatic carbocycles. The number of rotatable bonds is 6. The number of hydrogen-bond acceptors (Lipinski definition) is 3. The average Bonchev–Trinajstić information content (AvgIpc) is 2.35. The van der Waals surface area contributed by atoms with Gasteiger partial charge >= 0.3 is 5.97 Å². The van der Waals surface area contributed by atoms with Gasteiger partial charge in [0.1, 0.15) is 0 Å². The molecule has 0 aliphatic heterocycles. The number of sulfonamides is 1. The summed E-state index contributed by atoms with van der Waals surface area (Å²) in [7, 11) is -3.72. The van der Waals surface area contributed by atoms with Crippen molar-refractivity contribution in [3.05, 3.63) is 29.3 Å². The summed E-state index contributed by atoms with van der Waals surface area (Å²) in [6.07, 6.45) is 0. The molecule has 0 fully saturated rings. The van der Waals surface area contributed by atoms with Gasteiger partial charge < -0.3 is 5.11 Å². The van der Waals surface area contributed by atoms with Crippen molar-refractivity contribution in [2.24, 2.45) is 5.92 Å². The van der Waals surface area contributed by atoms with Crippen LogP contribution in [-0.4, -0.2) is 36.9 Å². The zero-order valence-electron chi connectivity index (χ0n) is 10.7. The number of halogens is 1. The molecule has 19 heavy (non-hydrogen) atoms. The van der Waals surface area contributed by atoms with Gasteiger partial charge in [-0.2, -0.15) is 4.31 Å². The van der Waals surface area contributed by atoms with E-state index in [0.717, 1.165) is 4.31 Å². The number of benzene rings is 1. The standard InChI is InChI=1S/C12H16ClNO4S/c1-3-14(8-9(2)12(15)16)19(17,18)11-6-4-5-10(13)7-11/h4-7,9H,3,8H2,1-2H3,(H,15,16). The zero-order chi connectivity index (χ0) is 14.6. The second kappa shape index (κ2) is 6.36. The Balaban J connectivity index is 3.06. The van der Waals surface area contributed by atoms with E-state index in [-0.39, 0.29) is 18.0 Å². The summed E-state index contributed by atoms with van der Waals surface area (Å²) >= 11 is 5.78. The van der Waals surface area contributed by atoms with Crippen LogP contribution in [0.15, 0.2) is 29.2 Å². The highest BCUT2D eigenvalue weighted by molar-refractivity contribution is 7.89. The molecule has 0 bridgehead atoms. The summed E-state index contributed by atoms with van der Waals surface area (Å²) in [5, 5.41) is 9.19. The zero-order valence-corrected chi connectivity index (χ0v) is 12.3. The van der Waals surface area contributed by atoms with Crippen LogP contribution in [0.25, 0.3) is 0 Å². The number of carboxylic acid groups (broad SMARTS) is 1. The maximum absolute atomic E-state index is 12.3. The number of aliphatic carboxylic acids is 1. The molecular formula is C12H16ClNO4S. The Bertz CT molecular complexity index is 559. The molecule has 1 rings (SSSR count). The Morgan fingerprint density at radius 1 is 1.47 bits per heavy atom. The third kappa shape index (κ3) is 3.92. The van der Waals surface area contributed by atoms with Crippen molar-refractivity contribution in [1.29, 1.82) is 0 Å². The first-order chi connectivity index (χ1) is 8.78. The molecular weight excluding hydrogens is 290 g/mol. The fourth-order valence-corrected chi connectivity index (χ4v) is 3.40. The minimum atomic E-state index is -3.72. The Hall–Kier alpha value is -1.11. The van der Waals surface area contributed by atoms with Crippen LogP contribution in [0.3, 0.4) is 0 Å². The largest absolute Gasteiger partial charge is 0.481 e. The van der Waals surface area contributed by atoms with Crippen molar-refractivity contribution < 1.29 is 18.3 Å². The molecule has 0 heterocycles. The average molecular weight is 306 g/mol. The summed E-state index contributed by atoms with van der Waals surface area (Å²) in [5.74, 6) is -1.80. The van der Waals surface area contributed by atoms with E-state index in [0.29, 0.717) is 5.02 Å². The lowest BCUT2D eigenvalue weighted by molar-refractivity contribution is -0.141. The molecule has 106 valence electrons. The molecule has 0 amide bonds. The maximum Gasteiger partial charge on any atom is 0.307 e. The molecule has 1 atom stereocenters. The molecule has 0 aromatic heterocycles. The summed E-state index contributed by atoms with van der Waals surface area (Å²) in [6, 6.07) is 5.92. The molecule has 5 nitrogen and oxygen atoms in total. The summed E-state index contributed by atoms with van der Waals surface area (Å²) in [4.78, 5) is 10.9. The summed E-state index contributed by atoms with van der Waals surface area (Å²) in [6.45, 7) is 3.27. The molecule has 7 heteroatoms. The highest BCUT2D eigenvalue weighted by Gasteiger charge is 2.26. The second-order valence-corrected chi connectivity index (χ2v) is 6.53. The molecule has 0 radical (unpaired) electrons. The van der Waals surface area contributed by atoms with E-state index in [1.165, 1.54) is 19.1 Å². The Labute approximate surface area is 117 Å². The fraction of sp³-hybridized carbons (Fsp3) is 0.417. The van der Waals surface area contributed by atoms with Crippen molar-refractivity contribution in [2.45, 2.75) is 18.7 Å². The van der Waals surface area contributed by atoms with E-state index in [2.05, 4.69) is 0 Å². The molecule has 0 spiro atoms. The monoisotopic (exact) mass is 305 g/mol. The quantitative estimate of drug-likeness (QED) is 0.873. The van der Waals surface area contributed by atoms with E-state index >= 15 is 0 Å². The van der Waals surface area contributed by atoms with Crippen LogP contribution in [0.2, 0.25) is 5.02 Å². The Morgan fingerprint density at radius 3 is 2.58 bits per heavy atom. The molecule has 0 saturated heterocycles. The number of nitrogens with zero attached hydrogens (tertiary/aromatic N) is 1. The van der Waals surface area contributed by atoms with Crippen LogP contribution in [0.4, 0.5) is 0 Å². The van der Waals surface area contributed by atoms with Gasteiger partial charge in [0.15, 0.2) is 0 Å². The predicted molar refractivity (Wildman–Crippen MR) is 72.7 cm³/mol. The van der Waals surface area contributed by atoms with E-state index < -0.39 is 21.9 Å². The van der Waals surface area contributed by atoms with E-state index in [4.69, 9.17) is 16.7 Å². The van der Waals surface area contributed by atoms with Gasteiger partial charge in [-0.3, -0.25) is 4.79 Å². The van der Waals surface area contributed by atoms with Crippen molar-refractivity contribution >= 4 is 27.6 Å². The smallest absolute Gasteiger partial charge is 0.307 e. The van der Waals surface area contributed by atoms with E-state index in [1.807, 2.05) is 0 Å². The minimum Gasteiger partial charge on any atom is -0.481 e. The van der Waals surface area contributed by atoms with Crippen molar-refractivity contribution in [3.63, 3.8) is 0 Å². The Kier molecular flexibility index (Phi) is 5.34. The third-order valence-electron chi connectivity index (χ3n) is 2.69. The third-order valence-corrected chi connectivity index (χ3v) is 4.86. The molecule has 0 saturated carbocycles. The molecule has 1 unspecified atom stereocenters. The highest BCUT2D eigenvalue weighted by Crippen LogP contribution is 2.20. The summed E-state index contributed by atoms with van der Waals surface area (Å²) in [5.41, 5.74) is 0. The molecule has 1 aromatic rings. The van der Waals surface area contributed by atoms with Gasteiger partial charge in [-0.25, -0.2) is 8.42 Å². The van der Waals surface area contributed by atoms with Crippen LogP contribution < -0.4 is 0 Å². The normalized spacial score (nSPS) is 13.5. The fourth-order valence-electron chi connectivity index (χ4n) is 1.56. The van der Waals surface area contributed by atoms with Crippen molar-refractivity contribution in [2.75, 3.05) is 13.1 Å². The topological polar surface area (TPSA) is 74.7 Å².